The van der Waals surface area contributed by atoms with Crippen molar-refractivity contribution in [1.82, 2.24) is 19.8 Å². The molecule has 0 radical (unpaired) electrons. The molecule has 2 aliphatic rings. The number of fused-ring (bicyclic) bond motifs is 3. The minimum absolute atomic E-state index is 0.0458. The van der Waals surface area contributed by atoms with Gasteiger partial charge in [-0.05, 0) is 57.9 Å². The number of ether oxygens (including phenoxy) is 1. The number of nitrogens with one attached hydrogen (secondary N) is 2. The summed E-state index contributed by atoms with van der Waals surface area (Å²) in [7, 11) is 0. The first-order valence-corrected chi connectivity index (χ1v) is 16.0. The van der Waals surface area contributed by atoms with E-state index in [-0.39, 0.29) is 61.4 Å². The van der Waals surface area contributed by atoms with Crippen LogP contribution in [0.4, 0.5) is 10.6 Å². The highest BCUT2D eigenvalue weighted by molar-refractivity contribution is 6.03. The molecule has 248 valence electrons. The second kappa shape index (κ2) is 13.4. The van der Waals surface area contributed by atoms with Gasteiger partial charge in [-0.2, -0.15) is 4.98 Å². The maximum Gasteiger partial charge on any atom is 0.407 e. The summed E-state index contributed by atoms with van der Waals surface area (Å²) < 4.78 is 7.10. The Bertz CT molecular complexity index is 1850. The molecule has 3 N–H and O–H groups in total. The predicted octanol–water partition coefficient (Wildman–Crippen LogP) is 5.03. The van der Waals surface area contributed by atoms with Gasteiger partial charge in [-0.25, -0.2) is 9.59 Å². The Morgan fingerprint density at radius 3 is 2.19 bits per heavy atom. The van der Waals surface area contributed by atoms with Crippen molar-refractivity contribution in [2.45, 2.75) is 50.6 Å². The molecule has 0 bridgehead atoms. The van der Waals surface area contributed by atoms with Gasteiger partial charge in [0.25, 0.3) is 5.91 Å². The van der Waals surface area contributed by atoms with E-state index in [1.165, 1.54) is 4.57 Å². The highest BCUT2D eigenvalue weighted by Gasteiger charge is 2.35. The average Bonchev–Trinajstić information content (AvgIpc) is 3.60. The number of hydrogen-bond acceptors (Lipinski definition) is 7. The van der Waals surface area contributed by atoms with Gasteiger partial charge in [-0.1, -0.05) is 81.4 Å². The molecular weight excluding hydrogens is 610 g/mol. The monoisotopic (exact) mass is 649 g/mol. The second-order valence-corrected chi connectivity index (χ2v) is 13.4. The molecular formula is C37H39N5O6. The third-order valence-electron chi connectivity index (χ3n) is 9.15. The van der Waals surface area contributed by atoms with E-state index >= 15 is 0 Å². The van der Waals surface area contributed by atoms with Crippen LogP contribution in [0, 0.1) is 0 Å². The number of carboxylic acid groups (broad SMARTS) is 1. The van der Waals surface area contributed by atoms with Crippen LogP contribution < -0.4 is 16.3 Å². The van der Waals surface area contributed by atoms with Gasteiger partial charge in [-0.15, -0.1) is 0 Å². The summed E-state index contributed by atoms with van der Waals surface area (Å²) in [5.74, 6) is -1.35. The van der Waals surface area contributed by atoms with Gasteiger partial charge in [0.2, 0.25) is 0 Å². The second-order valence-electron chi connectivity index (χ2n) is 13.4. The lowest BCUT2D eigenvalue weighted by molar-refractivity contribution is -0.138. The molecule has 2 amide bonds. The fraction of sp³-hybridized carbons (Fsp3) is 0.324. The number of benzene rings is 3. The van der Waals surface area contributed by atoms with E-state index in [4.69, 9.17) is 4.74 Å². The molecule has 0 spiro atoms. The summed E-state index contributed by atoms with van der Waals surface area (Å²) in [4.78, 5) is 56.2. The van der Waals surface area contributed by atoms with Gasteiger partial charge in [0.15, 0.2) is 0 Å². The maximum absolute atomic E-state index is 13.1. The van der Waals surface area contributed by atoms with Crippen molar-refractivity contribution in [2.75, 3.05) is 31.6 Å². The average molecular weight is 650 g/mol. The topological polar surface area (TPSA) is 143 Å². The molecule has 0 unspecified atom stereocenters. The summed E-state index contributed by atoms with van der Waals surface area (Å²) >= 11 is 0. The molecule has 1 saturated heterocycles. The van der Waals surface area contributed by atoms with E-state index in [1.54, 1.807) is 29.3 Å². The number of aromatic nitrogens is 2. The number of aliphatic carboxylic acids is 1. The molecule has 3 aromatic carbocycles. The first-order chi connectivity index (χ1) is 23.0. The largest absolute Gasteiger partial charge is 0.480 e. The summed E-state index contributed by atoms with van der Waals surface area (Å²) in [5.41, 5.74) is 5.41. The van der Waals surface area contributed by atoms with E-state index in [2.05, 4.69) is 48.5 Å². The van der Waals surface area contributed by atoms with Gasteiger partial charge < -0.3 is 20.5 Å². The zero-order chi connectivity index (χ0) is 34.0. The minimum atomic E-state index is -1.01. The van der Waals surface area contributed by atoms with Gasteiger partial charge in [0.1, 0.15) is 12.4 Å². The number of hydrogen-bond donors (Lipinski definition) is 3. The Morgan fingerprint density at radius 2 is 1.58 bits per heavy atom. The number of carbonyl (C=O) groups excluding carboxylic acids is 2. The molecule has 0 saturated carbocycles. The fourth-order valence-electron chi connectivity index (χ4n) is 6.66. The number of amides is 2. The summed E-state index contributed by atoms with van der Waals surface area (Å²) in [6.45, 7) is 6.61. The van der Waals surface area contributed by atoms with Gasteiger partial charge in [0, 0.05) is 36.8 Å². The first-order valence-electron chi connectivity index (χ1n) is 16.0. The highest BCUT2D eigenvalue weighted by atomic mass is 16.5. The number of anilines is 1. The number of carboxylic acids is 1. The van der Waals surface area contributed by atoms with Crippen LogP contribution in [0.5, 0.6) is 0 Å². The Kier molecular flexibility index (Phi) is 9.14. The van der Waals surface area contributed by atoms with Crippen LogP contribution in [0.3, 0.4) is 0 Å². The lowest BCUT2D eigenvalue weighted by Crippen LogP contribution is -2.42. The van der Waals surface area contributed by atoms with Gasteiger partial charge >= 0.3 is 17.8 Å². The molecule has 1 fully saturated rings. The first kappa shape index (κ1) is 32.6. The van der Waals surface area contributed by atoms with Crippen molar-refractivity contribution in [3.05, 3.63) is 118 Å². The molecule has 11 heteroatoms. The highest BCUT2D eigenvalue weighted by Crippen LogP contribution is 2.44. The molecule has 48 heavy (non-hydrogen) atoms. The van der Waals surface area contributed by atoms with Crippen molar-refractivity contribution in [3.63, 3.8) is 0 Å². The minimum Gasteiger partial charge on any atom is -0.480 e. The van der Waals surface area contributed by atoms with Crippen LogP contribution in [0.1, 0.15) is 66.2 Å². The van der Waals surface area contributed by atoms with Crippen molar-refractivity contribution in [3.8, 4) is 11.1 Å². The van der Waals surface area contributed by atoms with Crippen LogP contribution in [0.15, 0.2) is 89.9 Å². The maximum atomic E-state index is 13.1. The predicted molar refractivity (Wildman–Crippen MR) is 181 cm³/mol. The number of nitrogens with zero attached hydrogens (tertiary/aromatic N) is 3. The molecule has 4 aromatic rings. The zero-order valence-electron chi connectivity index (χ0n) is 27.2. The Morgan fingerprint density at radius 1 is 0.938 bits per heavy atom. The third kappa shape index (κ3) is 7.01. The molecule has 11 nitrogen and oxygen atoms in total. The molecule has 1 aliphatic carbocycles. The van der Waals surface area contributed by atoms with E-state index in [0.29, 0.717) is 12.0 Å². The van der Waals surface area contributed by atoms with Gasteiger partial charge in [-0.3, -0.25) is 19.1 Å². The fourth-order valence-corrected chi connectivity index (χ4v) is 6.66. The van der Waals surface area contributed by atoms with Crippen LogP contribution in [0.2, 0.25) is 0 Å². The molecule has 2 atom stereocenters. The number of rotatable bonds is 9. The number of likely N-dealkylation sites (tertiary alicyclic amines) is 1. The Balaban J connectivity index is 1.06. The normalized spacial score (nSPS) is 17.4. The van der Waals surface area contributed by atoms with Crippen LogP contribution in [-0.2, 0) is 14.9 Å². The van der Waals surface area contributed by atoms with E-state index in [9.17, 15) is 24.3 Å². The molecule has 1 aliphatic heterocycles. The van der Waals surface area contributed by atoms with Gasteiger partial charge in [0.05, 0.1) is 12.6 Å². The molecule has 2 heterocycles. The van der Waals surface area contributed by atoms with E-state index < -0.39 is 17.8 Å². The lowest BCUT2D eigenvalue weighted by Gasteiger charge is -2.22. The van der Waals surface area contributed by atoms with Crippen molar-refractivity contribution in [1.29, 1.82) is 0 Å². The lowest BCUT2D eigenvalue weighted by atomic mass is 9.87. The standard InChI is InChI=1S/C37H39N5O6/c1-37(2,3)24-14-12-23(13-15-24)34(45)39-32-16-17-42(35(46)40-32)26-18-25(41(20-26)21-33(43)44)19-38-36(47)48-22-31-29-10-6-4-8-27(29)28-9-5-7-11-30(28)31/h4-17,25-26,31H,18-22H2,1-3H3,(H,38,47)(H,43,44)(H,39,40,45,46)/t25-,26-/m1/s1. The molecule has 6 rings (SSSR count). The van der Waals surface area contributed by atoms with Crippen molar-refractivity contribution in [2.24, 2.45) is 0 Å². The number of alkyl carbamates (subject to hydrolysis) is 1. The quantitative estimate of drug-likeness (QED) is 0.229. The Hall–Kier alpha value is -5.29. The van der Waals surface area contributed by atoms with Crippen molar-refractivity contribution < 1.29 is 24.2 Å². The number of carbonyl (C=O) groups is 3. The Labute approximate surface area is 278 Å². The summed E-state index contributed by atoms with van der Waals surface area (Å²) in [5, 5.41) is 15.0. The van der Waals surface area contributed by atoms with E-state index in [0.717, 1.165) is 27.8 Å². The zero-order valence-corrected chi connectivity index (χ0v) is 27.2. The van der Waals surface area contributed by atoms with Crippen LogP contribution in [0.25, 0.3) is 11.1 Å². The summed E-state index contributed by atoms with van der Waals surface area (Å²) in [6.07, 6.45) is 1.37. The van der Waals surface area contributed by atoms with E-state index in [1.807, 2.05) is 48.5 Å². The van der Waals surface area contributed by atoms with Crippen LogP contribution >= 0.6 is 0 Å². The third-order valence-corrected chi connectivity index (χ3v) is 9.15. The van der Waals surface area contributed by atoms with Crippen molar-refractivity contribution >= 4 is 23.8 Å². The SMILES string of the molecule is CC(C)(C)c1ccc(C(=O)Nc2ccn([C@@H]3C[C@H](CNC(=O)OCC4c5ccccc5-c5ccccc54)N(CC(=O)O)C3)c(=O)n2)cc1. The molecule has 1 aromatic heterocycles. The smallest absolute Gasteiger partial charge is 0.407 e. The summed E-state index contributed by atoms with van der Waals surface area (Å²) in [6, 6.07) is 24.3. The van der Waals surface area contributed by atoms with Crippen LogP contribution in [-0.4, -0.2) is 69.8 Å².